The van der Waals surface area contributed by atoms with E-state index in [4.69, 9.17) is 0 Å². The Bertz CT molecular complexity index is 549. The molecule has 143 valence electrons. The SMILES string of the molecule is CC1(C)CC2(CC(C)(C)N1[O])NC(=O)N(CC(O)C[N+](C)(C)C)C2=O. The molecule has 1 spiro atoms. The Hall–Kier alpha value is -1.22. The molecule has 2 aliphatic rings. The van der Waals surface area contributed by atoms with E-state index in [0.29, 0.717) is 11.0 Å². The highest BCUT2D eigenvalue weighted by Gasteiger charge is 2.61. The summed E-state index contributed by atoms with van der Waals surface area (Å²) in [5.41, 5.74) is -2.63. The number of aliphatic hydroxyl groups excluding tert-OH is 1. The van der Waals surface area contributed by atoms with Gasteiger partial charge in [0.2, 0.25) is 0 Å². The minimum atomic E-state index is -1.08. The van der Waals surface area contributed by atoms with E-state index in [-0.39, 0.29) is 25.3 Å². The van der Waals surface area contributed by atoms with Gasteiger partial charge in [0.15, 0.2) is 0 Å². The quantitative estimate of drug-likeness (QED) is 0.561. The van der Waals surface area contributed by atoms with Crippen molar-refractivity contribution in [2.24, 2.45) is 0 Å². The summed E-state index contributed by atoms with van der Waals surface area (Å²) in [5, 5.41) is 26.7. The number of amides is 3. The van der Waals surface area contributed by atoms with E-state index in [1.165, 1.54) is 0 Å². The summed E-state index contributed by atoms with van der Waals surface area (Å²) < 4.78 is 0.529. The van der Waals surface area contributed by atoms with Crippen molar-refractivity contribution in [3.63, 3.8) is 0 Å². The van der Waals surface area contributed by atoms with Crippen LogP contribution in [0.1, 0.15) is 40.5 Å². The molecule has 0 bridgehead atoms. The number of piperidine rings is 1. The molecular formula is C17H32N4O4+. The molecule has 1 radical (unpaired) electrons. The van der Waals surface area contributed by atoms with Crippen LogP contribution in [-0.4, -0.2) is 88.4 Å². The first kappa shape index (κ1) is 20.1. The van der Waals surface area contributed by atoms with Gasteiger partial charge in [0.1, 0.15) is 18.2 Å². The van der Waals surface area contributed by atoms with Crippen LogP contribution in [0.15, 0.2) is 0 Å². The van der Waals surface area contributed by atoms with E-state index in [0.717, 1.165) is 9.96 Å². The number of imide groups is 1. The maximum Gasteiger partial charge on any atom is 0.325 e. The molecule has 0 aliphatic carbocycles. The molecule has 8 heteroatoms. The van der Waals surface area contributed by atoms with Crippen molar-refractivity contribution in [2.45, 2.75) is 63.3 Å². The van der Waals surface area contributed by atoms with Gasteiger partial charge in [-0.1, -0.05) is 0 Å². The maximum atomic E-state index is 13.1. The van der Waals surface area contributed by atoms with Crippen molar-refractivity contribution in [3.8, 4) is 0 Å². The van der Waals surface area contributed by atoms with Crippen molar-refractivity contribution < 1.29 is 24.4 Å². The number of nitrogens with one attached hydrogen (secondary N) is 1. The fourth-order valence-electron chi connectivity index (χ4n) is 4.48. The third-order valence-electron chi connectivity index (χ3n) is 4.97. The predicted octanol–water partition coefficient (Wildman–Crippen LogP) is 0.343. The molecule has 0 aromatic heterocycles. The van der Waals surface area contributed by atoms with Crippen LogP contribution in [0.3, 0.4) is 0 Å². The molecule has 0 aromatic carbocycles. The van der Waals surface area contributed by atoms with Crippen LogP contribution in [0.25, 0.3) is 0 Å². The number of rotatable bonds is 4. The second-order valence-electron chi connectivity index (χ2n) is 9.83. The van der Waals surface area contributed by atoms with Crippen LogP contribution in [0.5, 0.6) is 0 Å². The molecule has 25 heavy (non-hydrogen) atoms. The second-order valence-corrected chi connectivity index (χ2v) is 9.83. The molecule has 2 N–H and O–H groups in total. The Balaban J connectivity index is 2.23. The molecule has 8 nitrogen and oxygen atoms in total. The Morgan fingerprint density at radius 2 is 1.60 bits per heavy atom. The molecule has 1 atom stereocenters. The summed E-state index contributed by atoms with van der Waals surface area (Å²) >= 11 is 0. The first-order valence-electron chi connectivity index (χ1n) is 8.70. The maximum absolute atomic E-state index is 13.1. The van der Waals surface area contributed by atoms with Gasteiger partial charge >= 0.3 is 6.03 Å². The zero-order valence-electron chi connectivity index (χ0n) is 16.4. The molecule has 2 heterocycles. The third-order valence-corrected chi connectivity index (χ3v) is 4.97. The largest absolute Gasteiger partial charge is 0.385 e. The van der Waals surface area contributed by atoms with Crippen LogP contribution in [0.4, 0.5) is 4.79 Å². The molecule has 0 saturated carbocycles. The smallest absolute Gasteiger partial charge is 0.325 e. The van der Waals surface area contributed by atoms with Gasteiger partial charge in [-0.3, -0.25) is 9.69 Å². The summed E-state index contributed by atoms with van der Waals surface area (Å²) in [6.45, 7) is 7.54. The van der Waals surface area contributed by atoms with Crippen LogP contribution in [0, 0.1) is 0 Å². The Labute approximate surface area is 149 Å². The molecule has 3 amide bonds. The Morgan fingerprint density at radius 1 is 1.12 bits per heavy atom. The zero-order chi connectivity index (χ0) is 19.4. The Kier molecular flexibility index (Phi) is 4.75. The topological polar surface area (TPSA) is 92.8 Å². The van der Waals surface area contributed by atoms with E-state index in [1.54, 1.807) is 27.7 Å². The average Bonchev–Trinajstić information content (AvgIpc) is 2.57. The Morgan fingerprint density at radius 3 is 2.04 bits per heavy atom. The van der Waals surface area contributed by atoms with E-state index in [9.17, 15) is 19.9 Å². The average molecular weight is 356 g/mol. The van der Waals surface area contributed by atoms with Gasteiger partial charge in [0.05, 0.1) is 27.7 Å². The molecule has 2 rings (SSSR count). The number of nitrogens with zero attached hydrogens (tertiary/aromatic N) is 3. The highest BCUT2D eigenvalue weighted by molar-refractivity contribution is 6.07. The lowest BCUT2D eigenvalue weighted by Crippen LogP contribution is -2.68. The van der Waals surface area contributed by atoms with Crippen molar-refractivity contribution in [2.75, 3.05) is 34.2 Å². The number of hydrogen-bond acceptors (Lipinski definition) is 4. The molecule has 1 unspecified atom stereocenters. The zero-order valence-corrected chi connectivity index (χ0v) is 16.4. The van der Waals surface area contributed by atoms with Gasteiger partial charge in [-0.05, 0) is 40.5 Å². The highest BCUT2D eigenvalue weighted by atomic mass is 16.5. The van der Waals surface area contributed by atoms with Gasteiger partial charge in [0, 0.05) is 11.1 Å². The number of likely N-dealkylation sites (N-methyl/N-ethyl adjacent to an activating group) is 1. The number of quaternary nitrogens is 1. The normalized spacial score (nSPS) is 26.8. The number of carbonyl (C=O) groups excluding carboxylic acids is 2. The summed E-state index contributed by atoms with van der Waals surface area (Å²) in [6, 6.07) is -0.489. The molecule has 0 aromatic rings. The fraction of sp³-hybridized carbons (Fsp3) is 0.882. The molecular weight excluding hydrogens is 324 g/mol. The summed E-state index contributed by atoms with van der Waals surface area (Å²) in [5.74, 6) is -0.341. The molecule has 2 aliphatic heterocycles. The second kappa shape index (κ2) is 5.90. The van der Waals surface area contributed by atoms with Crippen LogP contribution < -0.4 is 5.32 Å². The van der Waals surface area contributed by atoms with Gasteiger partial charge in [-0.25, -0.2) is 4.79 Å². The highest BCUT2D eigenvalue weighted by Crippen LogP contribution is 2.45. The lowest BCUT2D eigenvalue weighted by atomic mass is 9.70. The third kappa shape index (κ3) is 3.81. The number of hydrogen-bond donors (Lipinski definition) is 2. The van der Waals surface area contributed by atoms with Crippen molar-refractivity contribution in [1.29, 1.82) is 0 Å². The first-order valence-corrected chi connectivity index (χ1v) is 8.70. The number of hydroxylamine groups is 2. The van der Waals surface area contributed by atoms with E-state index in [1.807, 2.05) is 21.1 Å². The lowest BCUT2D eigenvalue weighted by Gasteiger charge is -2.52. The van der Waals surface area contributed by atoms with Gasteiger partial charge in [-0.2, -0.15) is 0 Å². The van der Waals surface area contributed by atoms with Crippen molar-refractivity contribution in [3.05, 3.63) is 0 Å². The van der Waals surface area contributed by atoms with E-state index >= 15 is 0 Å². The molecule has 2 saturated heterocycles. The summed E-state index contributed by atoms with van der Waals surface area (Å²) in [4.78, 5) is 26.6. The van der Waals surface area contributed by atoms with Crippen LogP contribution >= 0.6 is 0 Å². The predicted molar refractivity (Wildman–Crippen MR) is 91.8 cm³/mol. The van der Waals surface area contributed by atoms with Crippen molar-refractivity contribution in [1.82, 2.24) is 15.3 Å². The van der Waals surface area contributed by atoms with Crippen LogP contribution in [-0.2, 0) is 10.0 Å². The van der Waals surface area contributed by atoms with Crippen LogP contribution in [0.2, 0.25) is 0 Å². The van der Waals surface area contributed by atoms with E-state index < -0.39 is 28.8 Å². The monoisotopic (exact) mass is 356 g/mol. The molecule has 2 fully saturated rings. The first-order chi connectivity index (χ1) is 11.1. The number of aliphatic hydroxyl groups is 1. The summed E-state index contributed by atoms with van der Waals surface area (Å²) in [7, 11) is 5.81. The summed E-state index contributed by atoms with van der Waals surface area (Å²) in [6.07, 6.45) is -0.302. The standard InChI is InChI=1S/C17H31N4O4/c1-15(2)10-17(11-16(3,4)20(15)25)13(23)19(14(24)18-17)8-12(22)9-21(5,6)7/h12,22H,8-11H2,1-7H3/p+1. The lowest BCUT2D eigenvalue weighted by molar-refractivity contribution is -0.873. The van der Waals surface area contributed by atoms with Gasteiger partial charge < -0.3 is 14.9 Å². The number of β-amino-alcohol motifs (C(OH)–C–C–N with tert-alkyl or cyclic N) is 1. The van der Waals surface area contributed by atoms with E-state index in [2.05, 4.69) is 5.32 Å². The number of carbonyl (C=O) groups is 2. The van der Waals surface area contributed by atoms with Crippen molar-refractivity contribution >= 4 is 11.9 Å². The van der Waals surface area contributed by atoms with Gasteiger partial charge in [0.25, 0.3) is 5.91 Å². The number of urea groups is 1. The fourth-order valence-corrected chi connectivity index (χ4v) is 4.48. The van der Waals surface area contributed by atoms with Gasteiger partial charge in [-0.15, -0.1) is 10.3 Å². The minimum absolute atomic E-state index is 0.0378. The minimum Gasteiger partial charge on any atom is -0.385 e.